The maximum atomic E-state index is 10.9. The van der Waals surface area contributed by atoms with E-state index in [1.54, 1.807) is 6.92 Å². The van der Waals surface area contributed by atoms with Gasteiger partial charge in [-0.15, -0.1) is 0 Å². The van der Waals surface area contributed by atoms with Crippen LogP contribution in [0.4, 0.5) is 0 Å². The van der Waals surface area contributed by atoms with Crippen molar-refractivity contribution in [3.05, 3.63) is 0 Å². The molecule has 0 rings (SSSR count). The first-order valence-corrected chi connectivity index (χ1v) is 5.63. The molecule has 0 N–H and O–H groups in total. The highest BCUT2D eigenvalue weighted by Crippen LogP contribution is 2.53. The Bertz CT molecular complexity index is 192. The van der Waals surface area contributed by atoms with Gasteiger partial charge in [-0.2, -0.15) is 0 Å². The Labute approximate surface area is 74.8 Å². The minimum atomic E-state index is -3.55. The van der Waals surface area contributed by atoms with Gasteiger partial charge in [-0.05, 0) is 13.8 Å². The quantitative estimate of drug-likeness (QED) is 0.415. The summed E-state index contributed by atoms with van der Waals surface area (Å²) in [5.41, 5.74) is 0. The average molecular weight is 220 g/mol. The molecule has 0 aliphatic rings. The smallest absolute Gasteiger partial charge is 0.301 e. The second kappa shape index (κ2) is 4.99. The Morgan fingerprint density at radius 2 is 2.27 bits per heavy atom. The molecule has 11 heavy (non-hydrogen) atoms. The minimum absolute atomic E-state index is 0.102. The lowest BCUT2D eigenvalue weighted by Gasteiger charge is -2.05. The van der Waals surface area contributed by atoms with E-state index in [1.807, 2.05) is 0 Å². The largest absolute Gasteiger partial charge is 0.496 e. The van der Waals surface area contributed by atoms with Crippen LogP contribution in [0, 0.1) is 0 Å². The number of halogens is 2. The third-order valence-electron chi connectivity index (χ3n) is 0.547. The summed E-state index contributed by atoms with van der Waals surface area (Å²) in [4.78, 5) is 0. The van der Waals surface area contributed by atoms with Crippen molar-refractivity contribution in [2.24, 2.45) is 5.16 Å². The molecular formula is C4H8Cl2NO3P. The monoisotopic (exact) mass is 219 g/mol. The molecule has 0 amide bonds. The molecule has 1 unspecified atom stereocenters. The van der Waals surface area contributed by atoms with Crippen LogP contribution >= 0.6 is 29.8 Å². The highest BCUT2D eigenvalue weighted by Gasteiger charge is 2.20. The molecule has 0 aliphatic heterocycles. The Hall–Kier alpha value is 0.240. The Morgan fingerprint density at radius 1 is 1.73 bits per heavy atom. The van der Waals surface area contributed by atoms with E-state index in [1.165, 1.54) is 6.92 Å². The van der Waals surface area contributed by atoms with Crippen molar-refractivity contribution in [3.63, 3.8) is 0 Å². The molecule has 0 bridgehead atoms. The van der Waals surface area contributed by atoms with Gasteiger partial charge in [-0.25, -0.2) is 4.57 Å². The molecule has 0 fully saturated rings. The van der Waals surface area contributed by atoms with Crippen LogP contribution < -0.4 is 0 Å². The molecule has 0 saturated carbocycles. The van der Waals surface area contributed by atoms with Crippen molar-refractivity contribution in [3.8, 4) is 0 Å². The summed E-state index contributed by atoms with van der Waals surface area (Å²) in [5, 5.41) is 3.28. The van der Waals surface area contributed by atoms with Crippen LogP contribution in [0.15, 0.2) is 5.16 Å². The summed E-state index contributed by atoms with van der Waals surface area (Å²) in [6, 6.07) is 0. The lowest BCUT2D eigenvalue weighted by atomic mass is 10.9. The molecule has 0 radical (unpaired) electrons. The van der Waals surface area contributed by atoms with Gasteiger partial charge in [-0.3, -0.25) is 4.52 Å². The van der Waals surface area contributed by atoms with Crippen molar-refractivity contribution in [1.82, 2.24) is 0 Å². The summed E-state index contributed by atoms with van der Waals surface area (Å²) in [5.74, 6) is 0. The van der Waals surface area contributed by atoms with Gasteiger partial charge in [0.05, 0.1) is 6.61 Å². The minimum Gasteiger partial charge on any atom is -0.301 e. The van der Waals surface area contributed by atoms with Crippen LogP contribution in [0.2, 0.25) is 0 Å². The van der Waals surface area contributed by atoms with E-state index in [0.29, 0.717) is 0 Å². The van der Waals surface area contributed by atoms with E-state index in [0.717, 1.165) is 0 Å². The first-order valence-electron chi connectivity index (χ1n) is 2.81. The lowest BCUT2D eigenvalue weighted by molar-refractivity contribution is 0.235. The molecule has 7 heteroatoms. The highest BCUT2D eigenvalue weighted by molar-refractivity contribution is 7.81. The summed E-state index contributed by atoms with van der Waals surface area (Å²) < 4.78 is 19.7. The summed E-state index contributed by atoms with van der Waals surface area (Å²) in [6.07, 6.45) is 0. The third-order valence-corrected chi connectivity index (χ3v) is 1.94. The number of rotatable bonds is 4. The molecule has 0 aromatic rings. The second-order valence-electron chi connectivity index (χ2n) is 1.52. The van der Waals surface area contributed by atoms with Crippen molar-refractivity contribution in [1.29, 1.82) is 0 Å². The predicted molar refractivity (Wildman–Crippen MR) is 45.1 cm³/mol. The molecule has 0 aromatic heterocycles. The topological polar surface area (TPSA) is 47.9 Å². The Morgan fingerprint density at radius 3 is 2.64 bits per heavy atom. The van der Waals surface area contributed by atoms with Crippen LogP contribution in [-0.2, 0) is 13.7 Å². The summed E-state index contributed by atoms with van der Waals surface area (Å²) in [7, 11) is 0. The predicted octanol–water partition coefficient (Wildman–Crippen LogP) is 2.96. The summed E-state index contributed by atoms with van der Waals surface area (Å²) >= 11 is 10.5. The van der Waals surface area contributed by atoms with Crippen molar-refractivity contribution < 1.29 is 13.7 Å². The van der Waals surface area contributed by atoms with Crippen molar-refractivity contribution >= 4 is 35.0 Å². The second-order valence-corrected chi connectivity index (χ2v) is 4.59. The average Bonchev–Trinajstić information content (AvgIpc) is 1.84. The molecule has 1 atom stereocenters. The molecular weight excluding hydrogens is 212 g/mol. The zero-order valence-electron chi connectivity index (χ0n) is 6.08. The van der Waals surface area contributed by atoms with E-state index >= 15 is 0 Å². The van der Waals surface area contributed by atoms with Crippen molar-refractivity contribution in [2.45, 2.75) is 13.8 Å². The fourth-order valence-corrected chi connectivity index (χ4v) is 1.33. The van der Waals surface area contributed by atoms with Gasteiger partial charge in [0.1, 0.15) is 5.17 Å². The number of nitrogens with zero attached hydrogens (tertiary/aromatic N) is 1. The fourth-order valence-electron chi connectivity index (χ4n) is 0.283. The first-order chi connectivity index (χ1) is 4.98. The van der Waals surface area contributed by atoms with Gasteiger partial charge >= 0.3 is 6.95 Å². The molecule has 66 valence electrons. The number of hydrogen-bond donors (Lipinski definition) is 0. The van der Waals surface area contributed by atoms with Gasteiger partial charge in [-0.1, -0.05) is 16.8 Å². The maximum Gasteiger partial charge on any atom is 0.496 e. The SMILES string of the molecule is CCOP(=O)(Cl)ON=C(C)Cl. The summed E-state index contributed by atoms with van der Waals surface area (Å²) in [6.45, 7) is -0.257. The standard InChI is InChI=1S/C4H8Cl2NO3P/c1-3-9-11(6,8)10-7-4(2)5/h3H2,1-2H3. The van der Waals surface area contributed by atoms with Crippen LogP contribution in [0.3, 0.4) is 0 Å². The van der Waals surface area contributed by atoms with Gasteiger partial charge in [0.25, 0.3) is 0 Å². The van der Waals surface area contributed by atoms with Crippen LogP contribution in [-0.4, -0.2) is 11.8 Å². The fraction of sp³-hybridized carbons (Fsp3) is 0.750. The van der Waals surface area contributed by atoms with E-state index in [4.69, 9.17) is 22.8 Å². The van der Waals surface area contributed by atoms with E-state index in [2.05, 4.69) is 14.3 Å². The Balaban J connectivity index is 3.93. The van der Waals surface area contributed by atoms with Crippen LogP contribution in [0.1, 0.15) is 13.8 Å². The van der Waals surface area contributed by atoms with Gasteiger partial charge < -0.3 is 4.62 Å². The van der Waals surface area contributed by atoms with Crippen molar-refractivity contribution in [2.75, 3.05) is 6.61 Å². The van der Waals surface area contributed by atoms with E-state index < -0.39 is 6.95 Å². The lowest BCUT2D eigenvalue weighted by Crippen LogP contribution is -1.86. The molecule has 0 aliphatic carbocycles. The zero-order chi connectivity index (χ0) is 8.91. The van der Waals surface area contributed by atoms with E-state index in [9.17, 15) is 4.57 Å². The molecule has 0 spiro atoms. The first kappa shape index (κ1) is 11.2. The zero-order valence-corrected chi connectivity index (χ0v) is 8.49. The van der Waals surface area contributed by atoms with Gasteiger partial charge in [0.2, 0.25) is 0 Å². The normalized spacial score (nSPS) is 17.6. The third kappa shape index (κ3) is 6.63. The molecule has 0 heterocycles. The molecule has 0 saturated heterocycles. The van der Waals surface area contributed by atoms with Crippen LogP contribution in [0.25, 0.3) is 0 Å². The molecule has 0 aromatic carbocycles. The maximum absolute atomic E-state index is 10.9. The number of oxime groups is 1. The van der Waals surface area contributed by atoms with E-state index in [-0.39, 0.29) is 11.8 Å². The van der Waals surface area contributed by atoms with Gasteiger partial charge in [0.15, 0.2) is 0 Å². The highest BCUT2D eigenvalue weighted by atomic mass is 35.7. The Kier molecular flexibility index (Phi) is 5.10. The number of hydrogen-bond acceptors (Lipinski definition) is 4. The van der Waals surface area contributed by atoms with Gasteiger partial charge in [0, 0.05) is 11.2 Å². The van der Waals surface area contributed by atoms with Crippen LogP contribution in [0.5, 0.6) is 0 Å². The molecule has 4 nitrogen and oxygen atoms in total.